The van der Waals surface area contributed by atoms with Crippen LogP contribution in [-0.4, -0.2) is 131 Å². The predicted octanol–water partition coefficient (Wildman–Crippen LogP) is -0.588. The molecular weight excluding hydrogens is 841 g/mol. The molecule has 1 aliphatic rings. The van der Waals surface area contributed by atoms with Crippen molar-refractivity contribution in [3.05, 3.63) is 79.3 Å². The van der Waals surface area contributed by atoms with E-state index in [2.05, 4.69) is 78.7 Å². The van der Waals surface area contributed by atoms with Crippen molar-refractivity contribution in [1.29, 1.82) is 0 Å². The molecule has 51 heavy (non-hydrogen) atoms. The van der Waals surface area contributed by atoms with E-state index in [1.54, 1.807) is 23.3 Å². The Balaban J connectivity index is 0.000000358. The molecule has 19 heteroatoms. The van der Waals surface area contributed by atoms with Gasteiger partial charge in [-0.3, -0.25) is 34.0 Å². The summed E-state index contributed by atoms with van der Waals surface area (Å²) in [7, 11) is 1.00. The third kappa shape index (κ3) is 10.8. The maximum absolute atomic E-state index is 9.97. The second-order valence-electron chi connectivity index (χ2n) is 9.93. The number of carbonyl (C=O) groups excluding carboxylic acids is 2. The number of tetrazole rings is 1. The van der Waals surface area contributed by atoms with Crippen molar-refractivity contribution in [3.8, 4) is 22.6 Å². The van der Waals surface area contributed by atoms with Gasteiger partial charge in [-0.15, -0.1) is 5.10 Å². The number of aliphatic hydroxyl groups is 5. The van der Waals surface area contributed by atoms with Crippen molar-refractivity contribution in [2.75, 3.05) is 20.3 Å². The average Bonchev–Trinajstić information content (AvgIpc) is 3.91. The number of hydrogen-bond acceptors (Lipinski definition) is 16. The molecule has 1 aliphatic heterocycles. The van der Waals surface area contributed by atoms with E-state index in [9.17, 15) is 20.4 Å². The Morgan fingerprint density at radius 3 is 1.96 bits per heavy atom. The van der Waals surface area contributed by atoms with E-state index in [4.69, 9.17) is 24.2 Å². The predicted molar refractivity (Wildman–Crippen MR) is 176 cm³/mol. The molecule has 18 nitrogen and oxygen atoms in total. The number of benzene rings is 2. The number of rotatable bonds is 7. The molecular formula is C32H34N9O9Re-3. The molecule has 1 saturated heterocycles. The normalized spacial score (nSPS) is 19.0. The third-order valence-electron chi connectivity index (χ3n) is 7.09. The Bertz CT molecular complexity index is 1790. The largest absolute Gasteiger partial charge is 0.545 e. The van der Waals surface area contributed by atoms with Crippen molar-refractivity contribution in [2.24, 2.45) is 0 Å². The quantitative estimate of drug-likeness (QED) is 0.0763. The van der Waals surface area contributed by atoms with Crippen molar-refractivity contribution < 1.29 is 65.0 Å². The molecule has 5 N–H and O–H groups in total. The minimum absolute atomic E-state index is 0. The van der Waals surface area contributed by atoms with Gasteiger partial charge < -0.3 is 49.7 Å². The molecule has 0 saturated carbocycles. The van der Waals surface area contributed by atoms with E-state index in [1.807, 2.05) is 36.4 Å². The van der Waals surface area contributed by atoms with Gasteiger partial charge in [0, 0.05) is 56.3 Å². The summed E-state index contributed by atoms with van der Waals surface area (Å²) in [4.78, 5) is 24.2. The SMILES string of the molecule is CO.OCC1O[C@H](OCCn2cc(-c3ccc(-c4nn[n-]n4)cc3)nn2)[C@@H](O)C(O)[C@H]1O.[CH-]=O.[CH-]=O.[Re].c1cnc2c(c1)ccc1cccnc12. The number of hydrogen-bond donors (Lipinski definition) is 5. The summed E-state index contributed by atoms with van der Waals surface area (Å²) < 4.78 is 12.3. The first-order chi connectivity index (χ1) is 24.5. The van der Waals surface area contributed by atoms with Crippen LogP contribution in [0.1, 0.15) is 0 Å². The molecule has 0 aliphatic carbocycles. The molecule has 2 unspecified atom stereocenters. The van der Waals surface area contributed by atoms with Crippen LogP contribution in [0.15, 0.2) is 79.3 Å². The van der Waals surface area contributed by atoms with Crippen LogP contribution in [0.5, 0.6) is 0 Å². The van der Waals surface area contributed by atoms with Crippen LogP contribution in [0.3, 0.4) is 0 Å². The van der Waals surface area contributed by atoms with Gasteiger partial charge in [0.2, 0.25) is 0 Å². The number of aliphatic hydroxyl groups excluding tert-OH is 5. The van der Waals surface area contributed by atoms with Crippen LogP contribution in [0, 0.1) is 0 Å². The molecule has 5 heterocycles. The summed E-state index contributed by atoms with van der Waals surface area (Å²) in [6, 6.07) is 19.5. The van der Waals surface area contributed by atoms with Gasteiger partial charge in [0.25, 0.3) is 0 Å². The first kappa shape index (κ1) is 42.4. The van der Waals surface area contributed by atoms with Crippen LogP contribution >= 0.6 is 0 Å². The van der Waals surface area contributed by atoms with Gasteiger partial charge in [0.1, 0.15) is 30.1 Å². The Kier molecular flexibility index (Phi) is 18.4. The molecule has 6 aromatic rings. The van der Waals surface area contributed by atoms with Gasteiger partial charge >= 0.3 is 0 Å². The van der Waals surface area contributed by atoms with Gasteiger partial charge in [0.15, 0.2) is 6.29 Å². The minimum Gasteiger partial charge on any atom is -0.545 e. The first-order valence-corrected chi connectivity index (χ1v) is 14.6. The molecule has 1 radical (unpaired) electrons. The molecule has 7 rings (SSSR count). The number of pyridine rings is 2. The molecule has 5 atom stereocenters. The summed E-state index contributed by atoms with van der Waals surface area (Å²) in [5.74, 6) is 0.440. The Morgan fingerprint density at radius 1 is 0.824 bits per heavy atom. The van der Waals surface area contributed by atoms with Crippen LogP contribution in [0.25, 0.3) is 44.5 Å². The zero-order valence-corrected chi connectivity index (χ0v) is 29.7. The number of ether oxygens (including phenoxy) is 2. The maximum atomic E-state index is 9.97. The number of aromatic nitrogens is 9. The fraction of sp³-hybridized carbons (Fsp3) is 0.281. The maximum Gasteiger partial charge on any atom is 0.186 e. The second kappa shape index (κ2) is 22.1. The zero-order valence-electron chi connectivity index (χ0n) is 26.9. The molecule has 0 bridgehead atoms. The van der Waals surface area contributed by atoms with Crippen molar-refractivity contribution in [1.82, 2.24) is 45.6 Å². The fourth-order valence-corrected chi connectivity index (χ4v) is 4.74. The van der Waals surface area contributed by atoms with Gasteiger partial charge in [-0.25, -0.2) is 9.78 Å². The summed E-state index contributed by atoms with van der Waals surface area (Å²) in [5, 5.41) is 70.7. The van der Waals surface area contributed by atoms with Crippen LogP contribution < -0.4 is 5.21 Å². The van der Waals surface area contributed by atoms with E-state index >= 15 is 0 Å². The Labute approximate surface area is 304 Å². The van der Waals surface area contributed by atoms with E-state index < -0.39 is 37.3 Å². The summed E-state index contributed by atoms with van der Waals surface area (Å²) in [5.41, 5.74) is 4.22. The summed E-state index contributed by atoms with van der Waals surface area (Å²) >= 11 is 0. The van der Waals surface area contributed by atoms with Crippen molar-refractivity contribution in [2.45, 2.75) is 37.3 Å². The van der Waals surface area contributed by atoms with Gasteiger partial charge in [0.05, 0.1) is 42.8 Å². The number of nitrogens with zero attached hydrogens (tertiary/aromatic N) is 9. The van der Waals surface area contributed by atoms with E-state index in [0.29, 0.717) is 18.1 Å². The summed E-state index contributed by atoms with van der Waals surface area (Å²) in [6.07, 6.45) is -1.21. The van der Waals surface area contributed by atoms with Crippen molar-refractivity contribution >= 4 is 35.4 Å². The average molecular weight is 875 g/mol. The van der Waals surface area contributed by atoms with E-state index in [1.165, 1.54) is 0 Å². The third-order valence-corrected chi connectivity index (χ3v) is 7.09. The molecule has 271 valence electrons. The van der Waals surface area contributed by atoms with Crippen LogP contribution in [0.4, 0.5) is 0 Å². The second-order valence-corrected chi connectivity index (χ2v) is 9.93. The van der Waals surface area contributed by atoms with E-state index in [0.717, 1.165) is 40.0 Å². The standard InChI is InChI=1S/C17H20N7O6.C12H8N2.CH4O.2CHO.Re/c25-8-12-13(26)14(27)15(28)17(30-12)29-6-5-24-7-11(18-23-24)9-1-3-10(4-2-9)16-19-21-22-20-16;1-3-9-5-6-10-4-2-8-14-12(10)11(9)13-7-1;3*1-2;/h1-4,7,12-15,17,25-28H,5-6,8H2;1-8H;2H,1H3;2*1H;/q-1;;;2*-1;/t12?,13-,14?,15-,17-;;;;;/m0...../s1. The minimum atomic E-state index is -1.48. The van der Waals surface area contributed by atoms with Crippen molar-refractivity contribution in [3.63, 3.8) is 0 Å². The molecule has 0 amide bonds. The Morgan fingerprint density at radius 2 is 1.41 bits per heavy atom. The molecule has 2 aromatic carbocycles. The topological polar surface area (TPSA) is 263 Å². The van der Waals surface area contributed by atoms with Gasteiger partial charge in [-0.2, -0.15) is 0 Å². The molecule has 4 aromatic heterocycles. The monoisotopic (exact) mass is 875 g/mol. The van der Waals surface area contributed by atoms with Gasteiger partial charge in [-0.05, 0) is 17.7 Å². The van der Waals surface area contributed by atoms with Gasteiger partial charge in [-0.1, -0.05) is 53.7 Å². The smallest absolute Gasteiger partial charge is 0.186 e. The fourth-order valence-electron chi connectivity index (χ4n) is 4.74. The van der Waals surface area contributed by atoms with Crippen LogP contribution in [0.2, 0.25) is 0 Å². The zero-order chi connectivity index (χ0) is 36.5. The van der Waals surface area contributed by atoms with Crippen LogP contribution in [-0.2, 0) is 46.0 Å². The summed E-state index contributed by atoms with van der Waals surface area (Å²) in [6.45, 7) is 6.39. The molecule has 1 fully saturated rings. The first-order valence-electron chi connectivity index (χ1n) is 14.6. The Hall–Kier alpha value is -4.81. The number of fused-ring (bicyclic) bond motifs is 3. The molecule has 0 spiro atoms. The van der Waals surface area contributed by atoms with E-state index in [-0.39, 0.29) is 27.0 Å².